The summed E-state index contributed by atoms with van der Waals surface area (Å²) in [5.74, 6) is 1.63. The van der Waals surface area contributed by atoms with Gasteiger partial charge in [-0.3, -0.25) is 4.98 Å². The molecule has 0 aliphatic carbocycles. The lowest BCUT2D eigenvalue weighted by atomic mass is 10.0. The molecule has 0 aliphatic heterocycles. The van der Waals surface area contributed by atoms with Crippen LogP contribution in [0.2, 0.25) is 0 Å². The van der Waals surface area contributed by atoms with Crippen molar-refractivity contribution in [2.45, 2.75) is 26.7 Å². The van der Waals surface area contributed by atoms with Crippen LogP contribution in [-0.2, 0) is 12.8 Å². The fourth-order valence-corrected chi connectivity index (χ4v) is 3.15. The van der Waals surface area contributed by atoms with Gasteiger partial charge in [0.2, 0.25) is 0 Å². The van der Waals surface area contributed by atoms with Crippen molar-refractivity contribution in [3.05, 3.63) is 95.6 Å². The highest BCUT2D eigenvalue weighted by molar-refractivity contribution is 5.53. The zero-order chi connectivity index (χ0) is 18.6. The van der Waals surface area contributed by atoms with Crippen LogP contribution in [0, 0.1) is 13.0 Å². The number of pyridine rings is 1. The summed E-state index contributed by atoms with van der Waals surface area (Å²) in [7, 11) is 0. The summed E-state index contributed by atoms with van der Waals surface area (Å²) in [6, 6.07) is 21.9. The van der Waals surface area contributed by atoms with Gasteiger partial charge in [-0.1, -0.05) is 37.3 Å². The van der Waals surface area contributed by atoms with Gasteiger partial charge < -0.3 is 0 Å². The normalized spacial score (nSPS) is 10.9. The summed E-state index contributed by atoms with van der Waals surface area (Å²) in [5.41, 5.74) is 5.69. The van der Waals surface area contributed by atoms with Crippen molar-refractivity contribution in [3.8, 4) is 17.1 Å². The molecule has 0 unspecified atom stereocenters. The first kappa shape index (κ1) is 17.2. The van der Waals surface area contributed by atoms with E-state index in [1.807, 2.05) is 28.9 Å². The number of rotatable bonds is 5. The molecule has 2 aromatic heterocycles. The Kier molecular flexibility index (Phi) is 4.79. The Morgan fingerprint density at radius 3 is 2.74 bits per heavy atom. The molecule has 4 aromatic rings. The minimum absolute atomic E-state index is 0.702. The van der Waals surface area contributed by atoms with Crippen LogP contribution in [0.4, 0.5) is 0 Å². The molecule has 0 atom stereocenters. The van der Waals surface area contributed by atoms with Crippen molar-refractivity contribution in [1.29, 1.82) is 0 Å². The molecule has 27 heavy (non-hydrogen) atoms. The van der Waals surface area contributed by atoms with Gasteiger partial charge in [-0.15, -0.1) is 5.10 Å². The fraction of sp³-hybridized carbons (Fsp3) is 0.174. The molecule has 4 heteroatoms. The number of aryl methyl sites for hydroxylation is 2. The summed E-state index contributed by atoms with van der Waals surface area (Å²) in [5, 5.41) is 4.74. The van der Waals surface area contributed by atoms with Crippen LogP contribution in [0.25, 0.3) is 17.1 Å². The van der Waals surface area contributed by atoms with Crippen LogP contribution < -0.4 is 0 Å². The van der Waals surface area contributed by atoms with Crippen molar-refractivity contribution in [1.82, 2.24) is 19.7 Å². The van der Waals surface area contributed by atoms with E-state index < -0.39 is 0 Å². The van der Waals surface area contributed by atoms with Gasteiger partial charge in [0.05, 0.1) is 5.69 Å². The van der Waals surface area contributed by atoms with E-state index in [1.165, 1.54) is 11.1 Å². The summed E-state index contributed by atoms with van der Waals surface area (Å²) < 4.78 is 1.93. The molecule has 0 fully saturated rings. The molecular weight excluding hydrogens is 332 g/mol. The van der Waals surface area contributed by atoms with Crippen LogP contribution >= 0.6 is 0 Å². The van der Waals surface area contributed by atoms with Crippen LogP contribution in [0.3, 0.4) is 0 Å². The number of hydrogen-bond acceptors (Lipinski definition) is 3. The second-order valence-corrected chi connectivity index (χ2v) is 6.53. The second-order valence-electron chi connectivity index (χ2n) is 6.53. The maximum Gasteiger partial charge on any atom is 0.183 e. The van der Waals surface area contributed by atoms with Crippen molar-refractivity contribution in [3.63, 3.8) is 0 Å². The Hall–Kier alpha value is -3.27. The topological polar surface area (TPSA) is 43.6 Å². The first-order valence-corrected chi connectivity index (χ1v) is 9.16. The van der Waals surface area contributed by atoms with Gasteiger partial charge in [-0.2, -0.15) is 0 Å². The van der Waals surface area contributed by atoms with E-state index in [1.54, 1.807) is 12.4 Å². The van der Waals surface area contributed by atoms with Crippen molar-refractivity contribution in [2.24, 2.45) is 0 Å². The van der Waals surface area contributed by atoms with Gasteiger partial charge in [0, 0.05) is 24.4 Å². The minimum Gasteiger partial charge on any atom is -0.264 e. The third kappa shape index (κ3) is 3.65. The summed E-state index contributed by atoms with van der Waals surface area (Å²) in [6.45, 7) is 4.24. The highest BCUT2D eigenvalue weighted by Crippen LogP contribution is 2.20. The number of benzene rings is 2. The summed E-state index contributed by atoms with van der Waals surface area (Å²) >= 11 is 0. The lowest BCUT2D eigenvalue weighted by Gasteiger charge is -2.09. The van der Waals surface area contributed by atoms with Gasteiger partial charge in [0.1, 0.15) is 5.82 Å². The largest absolute Gasteiger partial charge is 0.264 e. The monoisotopic (exact) mass is 353 g/mol. The molecule has 4 nitrogen and oxygen atoms in total. The predicted molar refractivity (Wildman–Crippen MR) is 107 cm³/mol. The molecular formula is C23H21N4. The van der Waals surface area contributed by atoms with Crippen molar-refractivity contribution >= 4 is 0 Å². The zero-order valence-corrected chi connectivity index (χ0v) is 15.6. The number of nitrogens with zero attached hydrogens (tertiary/aromatic N) is 4. The van der Waals surface area contributed by atoms with E-state index in [4.69, 9.17) is 10.1 Å². The fourth-order valence-electron chi connectivity index (χ4n) is 3.15. The second kappa shape index (κ2) is 7.54. The Balaban J connectivity index is 1.70. The maximum atomic E-state index is 4.74. The highest BCUT2D eigenvalue weighted by atomic mass is 15.3. The molecule has 0 spiro atoms. The van der Waals surface area contributed by atoms with E-state index in [9.17, 15) is 0 Å². The van der Waals surface area contributed by atoms with E-state index >= 15 is 0 Å². The van der Waals surface area contributed by atoms with Gasteiger partial charge in [-0.05, 0) is 60.4 Å². The van der Waals surface area contributed by atoms with Crippen molar-refractivity contribution in [2.75, 3.05) is 0 Å². The predicted octanol–water partition coefficient (Wildman–Crippen LogP) is 4.59. The van der Waals surface area contributed by atoms with Gasteiger partial charge >= 0.3 is 0 Å². The van der Waals surface area contributed by atoms with Crippen LogP contribution in [0.15, 0.2) is 67.0 Å². The first-order valence-electron chi connectivity index (χ1n) is 9.16. The van der Waals surface area contributed by atoms with Crippen LogP contribution in [0.5, 0.6) is 0 Å². The number of aromatic nitrogens is 4. The molecule has 133 valence electrons. The third-order valence-electron chi connectivity index (χ3n) is 4.64. The van der Waals surface area contributed by atoms with Gasteiger partial charge in [-0.25, -0.2) is 9.67 Å². The summed E-state index contributed by atoms with van der Waals surface area (Å²) in [6.07, 6.45) is 5.21. The smallest absolute Gasteiger partial charge is 0.183 e. The standard InChI is InChI=1S/C23H21N4/c1-3-22-25-23(20-11-7-13-24-16-20)26-27(22)21-12-6-9-18(15-21)14-19-10-5-4-8-17(19)2/h4-8,10-13,15-16H,3,14H2,1-2H3. The van der Waals surface area contributed by atoms with E-state index in [0.29, 0.717) is 5.82 Å². The van der Waals surface area contributed by atoms with Gasteiger partial charge in [0.15, 0.2) is 5.82 Å². The van der Waals surface area contributed by atoms with Gasteiger partial charge in [0.25, 0.3) is 0 Å². The molecule has 4 rings (SSSR count). The quantitative estimate of drug-likeness (QED) is 0.527. The highest BCUT2D eigenvalue weighted by Gasteiger charge is 2.12. The molecule has 2 heterocycles. The molecule has 0 N–H and O–H groups in total. The van der Waals surface area contributed by atoms with E-state index in [2.05, 4.69) is 55.2 Å². The first-order chi connectivity index (χ1) is 13.2. The molecule has 2 aromatic carbocycles. The summed E-state index contributed by atoms with van der Waals surface area (Å²) in [4.78, 5) is 8.88. The molecule has 0 amide bonds. The molecule has 0 bridgehead atoms. The van der Waals surface area contributed by atoms with Crippen molar-refractivity contribution < 1.29 is 0 Å². The Morgan fingerprint density at radius 1 is 1.07 bits per heavy atom. The zero-order valence-electron chi connectivity index (χ0n) is 15.6. The molecule has 0 saturated carbocycles. The maximum absolute atomic E-state index is 4.74. The minimum atomic E-state index is 0.702. The van der Waals surface area contributed by atoms with E-state index in [0.717, 1.165) is 35.5 Å². The van der Waals surface area contributed by atoms with E-state index in [-0.39, 0.29) is 0 Å². The Bertz CT molecular complexity index is 1050. The number of hydrogen-bond donors (Lipinski definition) is 0. The molecule has 0 aliphatic rings. The molecule has 1 radical (unpaired) electrons. The average Bonchev–Trinajstić information content (AvgIpc) is 3.15. The Labute approximate surface area is 159 Å². The third-order valence-corrected chi connectivity index (χ3v) is 4.64. The average molecular weight is 353 g/mol. The SMILES string of the molecule is CCc1nc(-c2cccnc2)nn1-c1cc[c]c(Cc2ccccc2C)c1. The molecule has 0 saturated heterocycles. The lowest BCUT2D eigenvalue weighted by molar-refractivity contribution is 0.801. The Morgan fingerprint density at radius 2 is 1.96 bits per heavy atom. The van der Waals surface area contributed by atoms with Crippen LogP contribution in [0.1, 0.15) is 29.4 Å². The van der Waals surface area contributed by atoms with Crippen LogP contribution in [-0.4, -0.2) is 19.7 Å². The lowest BCUT2D eigenvalue weighted by Crippen LogP contribution is -2.03.